The summed E-state index contributed by atoms with van der Waals surface area (Å²) in [6.07, 6.45) is 6.90. The number of hydrogen-bond acceptors (Lipinski definition) is 6. The fourth-order valence-corrected chi connectivity index (χ4v) is 3.01. The highest BCUT2D eigenvalue weighted by Gasteiger charge is 2.38. The van der Waals surface area contributed by atoms with E-state index in [-0.39, 0.29) is 12.1 Å². The molecule has 0 aliphatic rings. The normalized spacial score (nSPS) is 12.9. The predicted molar refractivity (Wildman–Crippen MR) is 103 cm³/mol. The molecule has 1 amide bonds. The molecular weight excluding hydrogens is 358 g/mol. The molecule has 0 fully saturated rings. The SMILES string of the molecule is NC(=O)C(Cc1ccncc1)(NCc1cccnc1)c1ccc([N+](=O)[O-])cc1. The molecule has 0 bridgehead atoms. The molecule has 0 aliphatic carbocycles. The van der Waals surface area contributed by atoms with E-state index < -0.39 is 16.4 Å². The van der Waals surface area contributed by atoms with E-state index in [1.54, 1.807) is 55.1 Å². The molecule has 8 heteroatoms. The topological polar surface area (TPSA) is 124 Å². The first-order valence-corrected chi connectivity index (χ1v) is 8.59. The van der Waals surface area contributed by atoms with Gasteiger partial charge in [-0.1, -0.05) is 6.07 Å². The lowest BCUT2D eigenvalue weighted by molar-refractivity contribution is -0.384. The van der Waals surface area contributed by atoms with Crippen LogP contribution in [0.25, 0.3) is 0 Å². The third-order valence-corrected chi connectivity index (χ3v) is 4.53. The minimum absolute atomic E-state index is 0.0571. The van der Waals surface area contributed by atoms with Crippen LogP contribution in [-0.2, 0) is 23.3 Å². The second-order valence-corrected chi connectivity index (χ2v) is 6.32. The highest BCUT2D eigenvalue weighted by molar-refractivity contribution is 5.86. The van der Waals surface area contributed by atoms with Crippen LogP contribution >= 0.6 is 0 Å². The van der Waals surface area contributed by atoms with E-state index in [4.69, 9.17) is 5.73 Å². The lowest BCUT2D eigenvalue weighted by atomic mass is 9.82. The number of hydrogen-bond donors (Lipinski definition) is 2. The van der Waals surface area contributed by atoms with Crippen LogP contribution in [0.2, 0.25) is 0 Å². The van der Waals surface area contributed by atoms with Gasteiger partial charge in [-0.3, -0.25) is 30.2 Å². The monoisotopic (exact) mass is 377 g/mol. The van der Waals surface area contributed by atoms with Crippen LogP contribution in [0.15, 0.2) is 73.3 Å². The number of carbonyl (C=O) groups excluding carboxylic acids is 1. The Balaban J connectivity index is 2.01. The first-order chi connectivity index (χ1) is 13.5. The summed E-state index contributed by atoms with van der Waals surface area (Å²) >= 11 is 0. The summed E-state index contributed by atoms with van der Waals surface area (Å²) in [5, 5.41) is 14.2. The van der Waals surface area contributed by atoms with E-state index in [9.17, 15) is 14.9 Å². The Hall–Kier alpha value is -3.65. The molecule has 0 saturated heterocycles. The highest BCUT2D eigenvalue weighted by Crippen LogP contribution is 2.28. The zero-order chi connectivity index (χ0) is 20.0. The maximum atomic E-state index is 12.7. The second-order valence-electron chi connectivity index (χ2n) is 6.32. The molecule has 28 heavy (non-hydrogen) atoms. The van der Waals surface area contributed by atoms with Gasteiger partial charge in [0.2, 0.25) is 5.91 Å². The summed E-state index contributed by atoms with van der Waals surface area (Å²) in [5.41, 5.74) is 6.81. The maximum Gasteiger partial charge on any atom is 0.269 e. The average molecular weight is 377 g/mol. The highest BCUT2D eigenvalue weighted by atomic mass is 16.6. The third kappa shape index (κ3) is 4.18. The van der Waals surface area contributed by atoms with Gasteiger partial charge in [0.15, 0.2) is 0 Å². The number of non-ortho nitro benzene ring substituents is 1. The Morgan fingerprint density at radius 2 is 1.75 bits per heavy atom. The van der Waals surface area contributed by atoms with Gasteiger partial charge in [-0.15, -0.1) is 0 Å². The number of primary amides is 1. The molecule has 8 nitrogen and oxygen atoms in total. The molecule has 0 aliphatic heterocycles. The van der Waals surface area contributed by atoms with Crippen LogP contribution in [0.1, 0.15) is 16.7 Å². The Kier molecular flexibility index (Phi) is 5.71. The fourth-order valence-electron chi connectivity index (χ4n) is 3.01. The molecule has 0 radical (unpaired) electrons. The van der Waals surface area contributed by atoms with Gasteiger partial charge in [0.1, 0.15) is 5.54 Å². The molecule has 0 spiro atoms. The zero-order valence-electron chi connectivity index (χ0n) is 15.0. The van der Waals surface area contributed by atoms with E-state index in [2.05, 4.69) is 15.3 Å². The molecule has 1 atom stereocenters. The van der Waals surface area contributed by atoms with Crippen LogP contribution in [0, 0.1) is 10.1 Å². The van der Waals surface area contributed by atoms with Crippen molar-refractivity contribution in [1.29, 1.82) is 0 Å². The van der Waals surface area contributed by atoms with Crippen LogP contribution in [0.3, 0.4) is 0 Å². The lowest BCUT2D eigenvalue weighted by Crippen LogP contribution is -2.54. The van der Waals surface area contributed by atoms with Gasteiger partial charge in [0.25, 0.3) is 5.69 Å². The molecule has 142 valence electrons. The average Bonchev–Trinajstić information content (AvgIpc) is 2.72. The Labute approximate surface area is 161 Å². The number of benzene rings is 1. The van der Waals surface area contributed by atoms with Crippen molar-refractivity contribution in [2.45, 2.75) is 18.5 Å². The Morgan fingerprint density at radius 3 is 2.32 bits per heavy atom. The molecule has 1 unspecified atom stereocenters. The van der Waals surface area contributed by atoms with Crippen LogP contribution < -0.4 is 11.1 Å². The molecule has 2 aromatic heterocycles. The van der Waals surface area contributed by atoms with Crippen molar-refractivity contribution in [3.8, 4) is 0 Å². The van der Waals surface area contributed by atoms with E-state index in [0.29, 0.717) is 12.1 Å². The van der Waals surface area contributed by atoms with E-state index in [0.717, 1.165) is 11.1 Å². The molecule has 2 heterocycles. The summed E-state index contributed by atoms with van der Waals surface area (Å²) in [6, 6.07) is 13.1. The lowest BCUT2D eigenvalue weighted by Gasteiger charge is -2.33. The van der Waals surface area contributed by atoms with Gasteiger partial charge in [0.05, 0.1) is 4.92 Å². The molecule has 3 rings (SSSR count). The minimum Gasteiger partial charge on any atom is -0.368 e. The van der Waals surface area contributed by atoms with Gasteiger partial charge >= 0.3 is 0 Å². The molecule has 1 aromatic carbocycles. The van der Waals surface area contributed by atoms with Crippen molar-refractivity contribution < 1.29 is 9.72 Å². The number of nitrogens with zero attached hydrogens (tertiary/aromatic N) is 3. The molecular formula is C20H19N5O3. The van der Waals surface area contributed by atoms with E-state index in [1.807, 2.05) is 6.07 Å². The van der Waals surface area contributed by atoms with Gasteiger partial charge in [-0.05, 0) is 47.0 Å². The van der Waals surface area contributed by atoms with E-state index in [1.165, 1.54) is 12.1 Å². The summed E-state index contributed by atoms with van der Waals surface area (Å²) in [7, 11) is 0. The second kappa shape index (κ2) is 8.36. The number of nitrogens with one attached hydrogen (secondary N) is 1. The van der Waals surface area contributed by atoms with Gasteiger partial charge < -0.3 is 5.73 Å². The predicted octanol–water partition coefficient (Wildman–Crippen LogP) is 2.10. The number of aromatic nitrogens is 2. The van der Waals surface area contributed by atoms with Crippen molar-refractivity contribution in [2.75, 3.05) is 0 Å². The van der Waals surface area contributed by atoms with E-state index >= 15 is 0 Å². The number of nitrogens with two attached hydrogens (primary N) is 1. The van der Waals surface area contributed by atoms with Gasteiger partial charge in [-0.25, -0.2) is 0 Å². The molecule has 0 saturated carbocycles. The summed E-state index contributed by atoms with van der Waals surface area (Å²) in [6.45, 7) is 0.346. The van der Waals surface area contributed by atoms with Gasteiger partial charge in [-0.2, -0.15) is 0 Å². The maximum absolute atomic E-state index is 12.7. The Morgan fingerprint density at radius 1 is 1.04 bits per heavy atom. The number of pyridine rings is 2. The zero-order valence-corrected chi connectivity index (χ0v) is 15.0. The number of carbonyl (C=O) groups is 1. The van der Waals surface area contributed by atoms with Crippen LogP contribution in [-0.4, -0.2) is 20.8 Å². The van der Waals surface area contributed by atoms with Gasteiger partial charge in [0, 0.05) is 49.9 Å². The number of amides is 1. The number of nitro benzene ring substituents is 1. The molecule has 3 N–H and O–H groups in total. The number of rotatable bonds is 8. The van der Waals surface area contributed by atoms with Crippen LogP contribution in [0.4, 0.5) is 5.69 Å². The van der Waals surface area contributed by atoms with Crippen LogP contribution in [0.5, 0.6) is 0 Å². The first-order valence-electron chi connectivity index (χ1n) is 8.59. The quantitative estimate of drug-likeness (QED) is 0.458. The Bertz CT molecular complexity index is 949. The largest absolute Gasteiger partial charge is 0.368 e. The van der Waals surface area contributed by atoms with Crippen molar-refractivity contribution in [3.05, 3.63) is 100 Å². The smallest absolute Gasteiger partial charge is 0.269 e. The first kappa shape index (κ1) is 19.1. The van der Waals surface area contributed by atoms with Crippen molar-refractivity contribution in [1.82, 2.24) is 15.3 Å². The third-order valence-electron chi connectivity index (χ3n) is 4.53. The molecule has 3 aromatic rings. The fraction of sp³-hybridized carbons (Fsp3) is 0.150. The number of nitro groups is 1. The summed E-state index contributed by atoms with van der Waals surface area (Å²) < 4.78 is 0. The van der Waals surface area contributed by atoms with Crippen molar-refractivity contribution in [3.63, 3.8) is 0 Å². The summed E-state index contributed by atoms with van der Waals surface area (Å²) in [5.74, 6) is -0.581. The minimum atomic E-state index is -1.26. The summed E-state index contributed by atoms with van der Waals surface area (Å²) in [4.78, 5) is 31.2. The van der Waals surface area contributed by atoms with Crippen molar-refractivity contribution >= 4 is 11.6 Å². The van der Waals surface area contributed by atoms with Crippen molar-refractivity contribution in [2.24, 2.45) is 5.73 Å². The standard InChI is InChI=1S/C20H19N5O3/c21-19(26)20(12-15-7-10-22-11-8-15,24-14-16-2-1-9-23-13-16)17-3-5-18(6-4-17)25(27)28/h1-11,13,24H,12,14H2,(H2,21,26).